The van der Waals surface area contributed by atoms with E-state index < -0.39 is 12.7 Å². The second kappa shape index (κ2) is 5.32. The monoisotopic (exact) mass is 274 g/mol. The van der Waals surface area contributed by atoms with Crippen molar-refractivity contribution in [3.63, 3.8) is 0 Å². The van der Waals surface area contributed by atoms with Crippen LogP contribution in [0.3, 0.4) is 0 Å². The highest BCUT2D eigenvalue weighted by molar-refractivity contribution is 9.09. The zero-order chi connectivity index (χ0) is 10.6. The van der Waals surface area contributed by atoms with E-state index in [-0.39, 0.29) is 0 Å². The Labute approximate surface area is 90.2 Å². The quantitative estimate of drug-likeness (QED) is 0.721. The fourth-order valence-electron chi connectivity index (χ4n) is 1.54. The summed E-state index contributed by atoms with van der Waals surface area (Å²) < 4.78 is 36.1. The molecule has 0 aromatic rings. The molecule has 2 nitrogen and oxygen atoms in total. The molecule has 1 fully saturated rings. The normalized spacial score (nSPS) is 21.4. The molecule has 0 amide bonds. The first-order valence-electron chi connectivity index (χ1n) is 4.59. The molecule has 0 unspecified atom stereocenters. The summed E-state index contributed by atoms with van der Waals surface area (Å²) in [5.41, 5.74) is 0. The average molecular weight is 275 g/mol. The molecule has 0 atom stereocenters. The predicted molar refractivity (Wildman–Crippen MR) is 52.7 cm³/mol. The molecule has 0 spiro atoms. The highest BCUT2D eigenvalue weighted by atomic mass is 79.9. The van der Waals surface area contributed by atoms with Gasteiger partial charge in [-0.1, -0.05) is 15.9 Å². The van der Waals surface area contributed by atoms with Crippen LogP contribution in [0.4, 0.5) is 13.2 Å². The Bertz CT molecular complexity index is 166. The lowest BCUT2D eigenvalue weighted by Crippen LogP contribution is -2.49. The Kier molecular flexibility index (Phi) is 4.66. The van der Waals surface area contributed by atoms with Gasteiger partial charge in [0.1, 0.15) is 0 Å². The van der Waals surface area contributed by atoms with Gasteiger partial charge in [-0.3, -0.25) is 9.80 Å². The van der Waals surface area contributed by atoms with Crippen molar-refractivity contribution in [1.82, 2.24) is 9.80 Å². The third kappa shape index (κ3) is 4.61. The van der Waals surface area contributed by atoms with Crippen molar-refractivity contribution < 1.29 is 13.2 Å². The van der Waals surface area contributed by atoms with Crippen molar-refractivity contribution in [3.05, 3.63) is 0 Å². The van der Waals surface area contributed by atoms with E-state index in [0.717, 1.165) is 25.0 Å². The van der Waals surface area contributed by atoms with Crippen LogP contribution in [-0.4, -0.2) is 60.6 Å². The molecule has 0 aliphatic carbocycles. The minimum absolute atomic E-state index is 0.520. The number of halogens is 4. The summed E-state index contributed by atoms with van der Waals surface area (Å²) >= 11 is 3.31. The van der Waals surface area contributed by atoms with E-state index >= 15 is 0 Å². The minimum Gasteiger partial charge on any atom is -0.300 e. The van der Waals surface area contributed by atoms with Gasteiger partial charge in [0.2, 0.25) is 0 Å². The van der Waals surface area contributed by atoms with Crippen LogP contribution in [0.5, 0.6) is 0 Å². The first kappa shape index (κ1) is 12.3. The van der Waals surface area contributed by atoms with Gasteiger partial charge < -0.3 is 0 Å². The molecule has 0 N–H and O–H groups in total. The van der Waals surface area contributed by atoms with Crippen molar-refractivity contribution in [3.8, 4) is 0 Å². The van der Waals surface area contributed by atoms with E-state index in [1.807, 2.05) is 0 Å². The summed E-state index contributed by atoms with van der Waals surface area (Å²) in [6.07, 6.45) is -4.06. The van der Waals surface area contributed by atoms with E-state index in [4.69, 9.17) is 0 Å². The van der Waals surface area contributed by atoms with Crippen LogP contribution in [0.2, 0.25) is 0 Å². The van der Waals surface area contributed by atoms with E-state index in [9.17, 15) is 13.2 Å². The summed E-state index contributed by atoms with van der Waals surface area (Å²) in [6.45, 7) is 2.66. The number of piperazine rings is 1. The summed E-state index contributed by atoms with van der Waals surface area (Å²) in [7, 11) is 0. The summed E-state index contributed by atoms with van der Waals surface area (Å²) in [6, 6.07) is 0. The van der Waals surface area contributed by atoms with Crippen LogP contribution >= 0.6 is 15.9 Å². The van der Waals surface area contributed by atoms with Gasteiger partial charge in [0.05, 0.1) is 6.54 Å². The van der Waals surface area contributed by atoms with Crippen molar-refractivity contribution in [1.29, 1.82) is 0 Å². The maximum Gasteiger partial charge on any atom is 0.401 e. The first-order valence-corrected chi connectivity index (χ1v) is 5.71. The number of hydrogen-bond donors (Lipinski definition) is 0. The fourth-order valence-corrected chi connectivity index (χ4v) is 2.05. The van der Waals surface area contributed by atoms with Crippen molar-refractivity contribution >= 4 is 15.9 Å². The minimum atomic E-state index is -4.06. The maximum atomic E-state index is 12.0. The van der Waals surface area contributed by atoms with Gasteiger partial charge in [0.25, 0.3) is 0 Å². The van der Waals surface area contributed by atoms with Gasteiger partial charge in [-0.15, -0.1) is 0 Å². The Morgan fingerprint density at radius 1 is 1.00 bits per heavy atom. The van der Waals surface area contributed by atoms with Crippen molar-refractivity contribution in [2.45, 2.75) is 6.18 Å². The fraction of sp³-hybridized carbons (Fsp3) is 1.00. The van der Waals surface area contributed by atoms with Crippen LogP contribution in [0, 0.1) is 0 Å². The molecule has 6 heteroatoms. The lowest BCUT2D eigenvalue weighted by molar-refractivity contribution is -0.149. The third-order valence-corrected chi connectivity index (χ3v) is 2.62. The smallest absolute Gasteiger partial charge is 0.300 e. The Morgan fingerprint density at radius 3 is 1.93 bits per heavy atom. The number of rotatable bonds is 3. The lowest BCUT2D eigenvalue weighted by atomic mass is 10.3. The molecule has 14 heavy (non-hydrogen) atoms. The molecule has 0 aromatic carbocycles. The van der Waals surface area contributed by atoms with Gasteiger partial charge in [-0.05, 0) is 0 Å². The second-order valence-electron chi connectivity index (χ2n) is 3.42. The lowest BCUT2D eigenvalue weighted by Gasteiger charge is -2.34. The number of alkyl halides is 4. The van der Waals surface area contributed by atoms with Gasteiger partial charge in [0.15, 0.2) is 0 Å². The van der Waals surface area contributed by atoms with Gasteiger partial charge in [-0.25, -0.2) is 0 Å². The molecule has 0 bridgehead atoms. The molecular formula is C8H14BrF3N2. The molecule has 1 aliphatic heterocycles. The molecule has 1 saturated heterocycles. The molecule has 0 radical (unpaired) electrons. The van der Waals surface area contributed by atoms with Crippen molar-refractivity contribution in [2.24, 2.45) is 0 Å². The molecule has 1 aliphatic rings. The predicted octanol–water partition coefficient (Wildman–Crippen LogP) is 1.56. The molecule has 1 heterocycles. The molecule has 84 valence electrons. The molecule has 0 aromatic heterocycles. The van der Waals surface area contributed by atoms with Gasteiger partial charge in [0, 0.05) is 38.1 Å². The molecule has 1 rings (SSSR count). The third-order valence-electron chi connectivity index (χ3n) is 2.27. The maximum absolute atomic E-state index is 12.0. The standard InChI is InChI=1S/C8H14BrF3N2/c9-1-2-13-3-5-14(6-4-13)7-8(10,11)12/h1-7H2. The van der Waals surface area contributed by atoms with Gasteiger partial charge >= 0.3 is 6.18 Å². The SMILES string of the molecule is FC(F)(F)CN1CCN(CCBr)CC1. The largest absolute Gasteiger partial charge is 0.401 e. The van der Waals surface area contributed by atoms with Gasteiger partial charge in [-0.2, -0.15) is 13.2 Å². The average Bonchev–Trinajstić information content (AvgIpc) is 2.06. The summed E-state index contributed by atoms with van der Waals surface area (Å²) in [5.74, 6) is 0. The Balaban J connectivity index is 2.22. The zero-order valence-corrected chi connectivity index (χ0v) is 9.44. The van der Waals surface area contributed by atoms with Crippen LogP contribution in [0.15, 0.2) is 0 Å². The topological polar surface area (TPSA) is 6.48 Å². The highest BCUT2D eigenvalue weighted by Crippen LogP contribution is 2.17. The Hall–Kier alpha value is 0.190. The summed E-state index contributed by atoms with van der Waals surface area (Å²) in [4.78, 5) is 3.63. The van der Waals surface area contributed by atoms with Crippen LogP contribution in [0.1, 0.15) is 0 Å². The number of nitrogens with zero attached hydrogens (tertiary/aromatic N) is 2. The van der Waals surface area contributed by atoms with E-state index in [2.05, 4.69) is 20.8 Å². The van der Waals surface area contributed by atoms with Crippen LogP contribution in [0.25, 0.3) is 0 Å². The zero-order valence-electron chi connectivity index (χ0n) is 7.86. The van der Waals surface area contributed by atoms with E-state index in [0.29, 0.717) is 13.1 Å². The number of hydrogen-bond acceptors (Lipinski definition) is 2. The Morgan fingerprint density at radius 2 is 1.50 bits per heavy atom. The van der Waals surface area contributed by atoms with E-state index in [1.54, 1.807) is 0 Å². The van der Waals surface area contributed by atoms with Crippen LogP contribution < -0.4 is 0 Å². The van der Waals surface area contributed by atoms with Crippen molar-refractivity contribution in [2.75, 3.05) is 44.6 Å². The van der Waals surface area contributed by atoms with E-state index in [1.165, 1.54) is 4.90 Å². The first-order chi connectivity index (χ1) is 6.51. The summed E-state index contributed by atoms with van der Waals surface area (Å²) in [5, 5.41) is 0.881. The highest BCUT2D eigenvalue weighted by Gasteiger charge is 2.31. The molecule has 0 saturated carbocycles. The molecular weight excluding hydrogens is 261 g/mol. The van der Waals surface area contributed by atoms with Crippen LogP contribution in [-0.2, 0) is 0 Å². The second-order valence-corrected chi connectivity index (χ2v) is 4.21.